The van der Waals surface area contributed by atoms with E-state index in [1.54, 1.807) is 42.5 Å². The van der Waals surface area contributed by atoms with Gasteiger partial charge in [0.15, 0.2) is 11.6 Å². The molecule has 0 radical (unpaired) electrons. The summed E-state index contributed by atoms with van der Waals surface area (Å²) < 4.78 is 50.3. The molecule has 0 aromatic heterocycles. The van der Waals surface area contributed by atoms with Crippen LogP contribution in [-0.4, -0.2) is 12.7 Å². The maximum Gasteiger partial charge on any atom is 0.166 e. The van der Waals surface area contributed by atoms with Crippen LogP contribution in [0.25, 0.3) is 22.3 Å². The van der Waals surface area contributed by atoms with Crippen molar-refractivity contribution in [2.75, 3.05) is 6.61 Å². The molecular weight excluding hydrogens is 469 g/mol. The molecule has 0 spiro atoms. The van der Waals surface area contributed by atoms with Crippen LogP contribution in [0.5, 0.6) is 0 Å². The van der Waals surface area contributed by atoms with Crippen molar-refractivity contribution in [3.63, 3.8) is 0 Å². The van der Waals surface area contributed by atoms with Crippen LogP contribution in [0.3, 0.4) is 0 Å². The van der Waals surface area contributed by atoms with Gasteiger partial charge in [0.25, 0.3) is 0 Å². The number of aryl methyl sites for hydroxylation is 1. The molecule has 1 nitrogen and oxygen atoms in total. The van der Waals surface area contributed by atoms with Crippen LogP contribution in [0.2, 0.25) is 0 Å². The fraction of sp³-hybridized carbons (Fsp3) is 0.455. The molecule has 3 aromatic rings. The summed E-state index contributed by atoms with van der Waals surface area (Å²) in [5.41, 5.74) is 3.37. The van der Waals surface area contributed by atoms with E-state index in [9.17, 15) is 8.78 Å². The van der Waals surface area contributed by atoms with E-state index in [4.69, 9.17) is 4.74 Å². The predicted octanol–water partition coefficient (Wildman–Crippen LogP) is 10.0. The molecule has 0 saturated carbocycles. The Bertz CT molecular complexity index is 1150. The molecule has 1 aliphatic heterocycles. The molecule has 0 aliphatic carbocycles. The molecule has 0 N–H and O–H groups in total. The molecule has 37 heavy (non-hydrogen) atoms. The van der Waals surface area contributed by atoms with Gasteiger partial charge in [-0.1, -0.05) is 101 Å². The van der Waals surface area contributed by atoms with Gasteiger partial charge < -0.3 is 4.74 Å². The number of hydrogen-bond acceptors (Lipinski definition) is 1. The second kappa shape index (κ2) is 13.3. The topological polar surface area (TPSA) is 9.23 Å². The number of halogens is 3. The molecule has 3 aromatic carbocycles. The summed E-state index contributed by atoms with van der Waals surface area (Å²) in [6.45, 7) is 4.81. The fourth-order valence-electron chi connectivity index (χ4n) is 5.40. The number of ether oxygens (including phenoxy) is 1. The Labute approximate surface area is 220 Å². The molecule has 4 heteroatoms. The Morgan fingerprint density at radius 2 is 1.43 bits per heavy atom. The van der Waals surface area contributed by atoms with Gasteiger partial charge in [-0.25, -0.2) is 13.2 Å². The van der Waals surface area contributed by atoms with E-state index >= 15 is 4.39 Å². The molecule has 2 atom stereocenters. The lowest BCUT2D eigenvalue weighted by atomic mass is 9.89. The largest absolute Gasteiger partial charge is 0.378 e. The summed E-state index contributed by atoms with van der Waals surface area (Å²) in [6.07, 6.45) is 11.1. The van der Waals surface area contributed by atoms with Crippen molar-refractivity contribution in [2.24, 2.45) is 0 Å². The minimum Gasteiger partial charge on any atom is -0.378 e. The molecule has 1 heterocycles. The minimum atomic E-state index is -0.831. The highest BCUT2D eigenvalue weighted by Crippen LogP contribution is 2.34. The van der Waals surface area contributed by atoms with Gasteiger partial charge in [0.2, 0.25) is 0 Å². The van der Waals surface area contributed by atoms with Crippen LogP contribution in [-0.2, 0) is 11.2 Å². The summed E-state index contributed by atoms with van der Waals surface area (Å²) in [5.74, 6) is -1.67. The first kappa shape index (κ1) is 27.4. The standard InChI is InChI=1S/C33H39F3O/c1-3-5-6-7-8-10-28-18-15-27(22-37-28)26-17-19-29(31(34)21-26)23-11-13-24(14-12-23)30-20-16-25(9-4-2)32(35)33(30)36/h11-14,16-17,19-21,27-28H,3-10,15,18,22H2,1-2H3. The number of unbranched alkanes of at least 4 members (excludes halogenated alkanes) is 4. The maximum atomic E-state index is 15.1. The molecule has 1 fully saturated rings. The Kier molecular flexibility index (Phi) is 9.85. The minimum absolute atomic E-state index is 0.218. The zero-order valence-corrected chi connectivity index (χ0v) is 22.2. The Balaban J connectivity index is 1.38. The van der Waals surface area contributed by atoms with Crippen molar-refractivity contribution >= 4 is 0 Å². The smallest absolute Gasteiger partial charge is 0.166 e. The van der Waals surface area contributed by atoms with Crippen LogP contribution in [0, 0.1) is 17.5 Å². The van der Waals surface area contributed by atoms with Gasteiger partial charge in [-0.3, -0.25) is 0 Å². The third kappa shape index (κ3) is 6.84. The van der Waals surface area contributed by atoms with Crippen molar-refractivity contribution < 1.29 is 17.9 Å². The first-order valence-corrected chi connectivity index (χ1v) is 14.0. The molecule has 198 valence electrons. The summed E-state index contributed by atoms with van der Waals surface area (Å²) >= 11 is 0. The highest BCUT2D eigenvalue weighted by molar-refractivity contribution is 5.71. The highest BCUT2D eigenvalue weighted by Gasteiger charge is 2.23. The lowest BCUT2D eigenvalue weighted by molar-refractivity contribution is -0.00217. The van der Waals surface area contributed by atoms with Crippen LogP contribution in [0.15, 0.2) is 54.6 Å². The Hall–Kier alpha value is -2.59. The Morgan fingerprint density at radius 1 is 0.730 bits per heavy atom. The lowest BCUT2D eigenvalue weighted by Gasteiger charge is -2.29. The monoisotopic (exact) mass is 508 g/mol. The van der Waals surface area contributed by atoms with Crippen LogP contribution < -0.4 is 0 Å². The molecular formula is C33H39F3O. The lowest BCUT2D eigenvalue weighted by Crippen LogP contribution is -2.24. The molecule has 1 aliphatic rings. The number of benzene rings is 3. The van der Waals surface area contributed by atoms with Crippen molar-refractivity contribution in [1.82, 2.24) is 0 Å². The fourth-order valence-corrected chi connectivity index (χ4v) is 5.40. The van der Waals surface area contributed by atoms with Gasteiger partial charge in [-0.05, 0) is 54.0 Å². The van der Waals surface area contributed by atoms with Gasteiger partial charge in [0.05, 0.1) is 12.7 Å². The molecule has 0 amide bonds. The van der Waals surface area contributed by atoms with Gasteiger partial charge in [0.1, 0.15) is 5.82 Å². The molecule has 1 saturated heterocycles. The summed E-state index contributed by atoms with van der Waals surface area (Å²) in [4.78, 5) is 0. The second-order valence-corrected chi connectivity index (χ2v) is 10.4. The third-order valence-electron chi connectivity index (χ3n) is 7.65. The predicted molar refractivity (Wildman–Crippen MR) is 146 cm³/mol. The average Bonchev–Trinajstić information content (AvgIpc) is 2.92. The highest BCUT2D eigenvalue weighted by atomic mass is 19.2. The van der Waals surface area contributed by atoms with Crippen molar-refractivity contribution in [2.45, 2.75) is 90.1 Å². The van der Waals surface area contributed by atoms with E-state index < -0.39 is 11.6 Å². The van der Waals surface area contributed by atoms with E-state index in [0.717, 1.165) is 31.2 Å². The first-order valence-electron chi connectivity index (χ1n) is 14.0. The van der Waals surface area contributed by atoms with Crippen LogP contribution in [0.1, 0.15) is 88.7 Å². The van der Waals surface area contributed by atoms with Gasteiger partial charge in [-0.15, -0.1) is 0 Å². The summed E-state index contributed by atoms with van der Waals surface area (Å²) in [7, 11) is 0. The zero-order valence-electron chi connectivity index (χ0n) is 22.2. The van der Waals surface area contributed by atoms with E-state index in [1.165, 1.54) is 32.1 Å². The second-order valence-electron chi connectivity index (χ2n) is 10.4. The van der Waals surface area contributed by atoms with Gasteiger partial charge in [0, 0.05) is 17.0 Å². The van der Waals surface area contributed by atoms with E-state index in [2.05, 4.69) is 6.92 Å². The summed E-state index contributed by atoms with van der Waals surface area (Å²) in [5, 5.41) is 0. The quantitative estimate of drug-likeness (QED) is 0.234. The Morgan fingerprint density at radius 3 is 2.08 bits per heavy atom. The summed E-state index contributed by atoms with van der Waals surface area (Å²) in [6, 6.07) is 15.7. The maximum absolute atomic E-state index is 15.1. The SMILES string of the molecule is CCCCCCCC1CCC(c2ccc(-c3ccc(-c4ccc(CCC)c(F)c4F)cc3)c(F)c2)CO1. The van der Waals surface area contributed by atoms with Crippen molar-refractivity contribution in [3.8, 4) is 22.3 Å². The van der Waals surface area contributed by atoms with Crippen molar-refractivity contribution in [3.05, 3.63) is 83.2 Å². The molecule has 0 bridgehead atoms. The van der Waals surface area contributed by atoms with Crippen LogP contribution in [0.4, 0.5) is 13.2 Å². The van der Waals surface area contributed by atoms with Gasteiger partial charge >= 0.3 is 0 Å². The molecule has 2 unspecified atom stereocenters. The van der Waals surface area contributed by atoms with E-state index in [1.807, 2.05) is 19.1 Å². The molecule has 4 rings (SSSR count). The third-order valence-corrected chi connectivity index (χ3v) is 7.65. The van der Waals surface area contributed by atoms with E-state index in [-0.39, 0.29) is 17.3 Å². The average molecular weight is 509 g/mol. The number of rotatable bonds is 11. The zero-order chi connectivity index (χ0) is 26.2. The van der Waals surface area contributed by atoms with E-state index in [0.29, 0.717) is 41.4 Å². The van der Waals surface area contributed by atoms with Crippen LogP contribution >= 0.6 is 0 Å². The van der Waals surface area contributed by atoms with Gasteiger partial charge in [-0.2, -0.15) is 0 Å². The first-order chi connectivity index (χ1) is 18.0. The van der Waals surface area contributed by atoms with Crippen molar-refractivity contribution in [1.29, 1.82) is 0 Å². The normalized spacial score (nSPS) is 17.8. The number of hydrogen-bond donors (Lipinski definition) is 0.